The number of aromatic nitrogens is 4. The maximum Gasteiger partial charge on any atom is 0.246 e. The van der Waals surface area contributed by atoms with Gasteiger partial charge in [-0.1, -0.05) is 0 Å². The fourth-order valence-electron chi connectivity index (χ4n) is 6.88. The normalized spacial score (nSPS) is 22.4. The fraction of sp³-hybridized carbons (Fsp3) is 0.382. The second-order valence-corrected chi connectivity index (χ2v) is 12.8. The molecule has 3 amide bonds. The average Bonchev–Trinajstić information content (AvgIpc) is 3.57. The Hall–Kier alpha value is -5.55. The summed E-state index contributed by atoms with van der Waals surface area (Å²) in [5.74, 6) is 0.365. The minimum atomic E-state index is -0.890. The van der Waals surface area contributed by atoms with Crippen LogP contribution in [-0.4, -0.2) is 76.9 Å². The number of nitrogens with zero attached hydrogens (tertiary/aromatic N) is 7. The first-order chi connectivity index (χ1) is 23.1. The van der Waals surface area contributed by atoms with E-state index < -0.39 is 5.41 Å². The summed E-state index contributed by atoms with van der Waals surface area (Å²) in [4.78, 5) is 53.4. The SMILES string of the molecule is [C-]#[N+]c1cnc(N2CC[C@@H](Nc3ccc4c(C5(C)CCC(=O)NC5=O)nn(C)c4c3)[C@H](OC)C2)nc1Nc1ccc2c(c1)CC(=O)N2C. The van der Waals surface area contributed by atoms with Crippen LogP contribution in [0.3, 0.4) is 0 Å². The smallest absolute Gasteiger partial charge is 0.246 e. The summed E-state index contributed by atoms with van der Waals surface area (Å²) in [6.07, 6.45) is 3.11. The van der Waals surface area contributed by atoms with Crippen LogP contribution in [0.25, 0.3) is 15.7 Å². The first-order valence-corrected chi connectivity index (χ1v) is 15.8. The summed E-state index contributed by atoms with van der Waals surface area (Å²) in [6.45, 7) is 10.7. The molecule has 3 N–H and O–H groups in total. The summed E-state index contributed by atoms with van der Waals surface area (Å²) >= 11 is 0. The second kappa shape index (κ2) is 11.9. The van der Waals surface area contributed by atoms with Crippen LogP contribution in [0.2, 0.25) is 0 Å². The monoisotopic (exact) mass is 648 g/mol. The minimum absolute atomic E-state index is 0.00332. The van der Waals surface area contributed by atoms with Gasteiger partial charge in [0.1, 0.15) is 5.82 Å². The number of anilines is 5. The zero-order chi connectivity index (χ0) is 33.7. The van der Waals surface area contributed by atoms with Crippen molar-refractivity contribution in [2.45, 2.75) is 50.2 Å². The zero-order valence-electron chi connectivity index (χ0n) is 27.2. The van der Waals surface area contributed by atoms with Crippen LogP contribution in [0.1, 0.15) is 37.4 Å². The maximum atomic E-state index is 12.8. The van der Waals surface area contributed by atoms with Crippen molar-refractivity contribution in [2.24, 2.45) is 7.05 Å². The number of likely N-dealkylation sites (N-methyl/N-ethyl adjacent to an activating group) is 1. The van der Waals surface area contributed by atoms with Crippen molar-refractivity contribution in [2.75, 3.05) is 47.7 Å². The Balaban J connectivity index is 1.07. The Bertz CT molecular complexity index is 2020. The Morgan fingerprint density at radius 2 is 1.94 bits per heavy atom. The van der Waals surface area contributed by atoms with Gasteiger partial charge >= 0.3 is 0 Å². The Morgan fingerprint density at radius 1 is 1.12 bits per heavy atom. The van der Waals surface area contributed by atoms with Crippen molar-refractivity contribution in [1.82, 2.24) is 25.1 Å². The molecule has 2 aromatic heterocycles. The van der Waals surface area contributed by atoms with Gasteiger partial charge in [-0.2, -0.15) is 5.10 Å². The van der Waals surface area contributed by atoms with Crippen LogP contribution in [0, 0.1) is 6.57 Å². The molecule has 14 nitrogen and oxygen atoms in total. The van der Waals surface area contributed by atoms with Gasteiger partial charge in [0, 0.05) is 69.4 Å². The number of nitrogens with one attached hydrogen (secondary N) is 3. The van der Waals surface area contributed by atoms with Crippen molar-refractivity contribution in [3.8, 4) is 0 Å². The van der Waals surface area contributed by atoms with Crippen LogP contribution in [-0.2, 0) is 38.0 Å². The van der Waals surface area contributed by atoms with Crippen molar-refractivity contribution in [3.63, 3.8) is 0 Å². The molecule has 0 saturated carbocycles. The molecule has 48 heavy (non-hydrogen) atoms. The first kappa shape index (κ1) is 31.1. The number of aryl methyl sites for hydroxylation is 1. The third kappa shape index (κ3) is 5.35. The van der Waals surface area contributed by atoms with E-state index in [1.165, 1.54) is 6.20 Å². The summed E-state index contributed by atoms with van der Waals surface area (Å²) in [5.41, 5.74) is 4.40. The summed E-state index contributed by atoms with van der Waals surface area (Å²) < 4.78 is 7.72. The Morgan fingerprint density at radius 3 is 2.71 bits per heavy atom. The highest BCUT2D eigenvalue weighted by Crippen LogP contribution is 2.37. The number of fused-ring (bicyclic) bond motifs is 2. The van der Waals surface area contributed by atoms with Gasteiger partial charge in [0.25, 0.3) is 0 Å². The minimum Gasteiger partial charge on any atom is -0.379 e. The molecular formula is C34H36N10O4. The number of benzene rings is 2. The molecule has 2 fully saturated rings. The largest absolute Gasteiger partial charge is 0.379 e. The quantitative estimate of drug-likeness (QED) is 0.200. The van der Waals surface area contributed by atoms with Crippen LogP contribution in [0.5, 0.6) is 0 Å². The summed E-state index contributed by atoms with van der Waals surface area (Å²) in [7, 11) is 5.31. The number of hydrogen-bond donors (Lipinski definition) is 3. The van der Waals surface area contributed by atoms with E-state index in [4.69, 9.17) is 21.4 Å². The maximum absolute atomic E-state index is 12.8. The molecule has 0 radical (unpaired) electrons. The molecule has 1 unspecified atom stereocenters. The molecule has 0 spiro atoms. The average molecular weight is 649 g/mol. The third-order valence-electron chi connectivity index (χ3n) is 9.77. The van der Waals surface area contributed by atoms with E-state index in [0.29, 0.717) is 49.1 Å². The number of rotatable bonds is 7. The number of ether oxygens (including phenoxy) is 1. The fourth-order valence-corrected chi connectivity index (χ4v) is 6.88. The molecule has 3 atom stereocenters. The number of amides is 3. The van der Waals surface area contributed by atoms with E-state index >= 15 is 0 Å². The molecule has 246 valence electrons. The number of imide groups is 1. The van der Waals surface area contributed by atoms with Crippen molar-refractivity contribution in [1.29, 1.82) is 0 Å². The van der Waals surface area contributed by atoms with E-state index in [2.05, 4.69) is 30.7 Å². The molecule has 0 aliphatic carbocycles. The zero-order valence-corrected chi connectivity index (χ0v) is 27.2. The third-order valence-corrected chi connectivity index (χ3v) is 9.77. The van der Waals surface area contributed by atoms with Crippen molar-refractivity contribution < 1.29 is 19.1 Å². The Labute approximate surface area is 277 Å². The van der Waals surface area contributed by atoms with Crippen LogP contribution < -0.4 is 25.8 Å². The number of carbonyl (C=O) groups is 3. The van der Waals surface area contributed by atoms with Gasteiger partial charge in [-0.3, -0.25) is 24.4 Å². The molecule has 14 heteroatoms. The highest BCUT2D eigenvalue weighted by atomic mass is 16.5. The molecule has 4 aromatic rings. The highest BCUT2D eigenvalue weighted by Gasteiger charge is 2.43. The highest BCUT2D eigenvalue weighted by molar-refractivity contribution is 6.05. The summed E-state index contributed by atoms with van der Waals surface area (Å²) in [6, 6.07) is 11.7. The second-order valence-electron chi connectivity index (χ2n) is 12.8. The van der Waals surface area contributed by atoms with E-state index in [9.17, 15) is 14.4 Å². The molecule has 2 saturated heterocycles. The van der Waals surface area contributed by atoms with Crippen molar-refractivity contribution in [3.05, 3.63) is 65.3 Å². The van der Waals surface area contributed by atoms with Crippen LogP contribution in [0.15, 0.2) is 42.6 Å². The number of piperidine rings is 2. The van der Waals surface area contributed by atoms with Gasteiger partial charge in [0.2, 0.25) is 29.4 Å². The van der Waals surface area contributed by atoms with Crippen LogP contribution >= 0.6 is 0 Å². The van der Waals surface area contributed by atoms with Gasteiger partial charge in [-0.25, -0.2) is 14.8 Å². The van der Waals surface area contributed by atoms with E-state index in [1.54, 1.807) is 23.7 Å². The molecule has 3 aliphatic heterocycles. The summed E-state index contributed by atoms with van der Waals surface area (Å²) in [5, 5.41) is 15.0. The van der Waals surface area contributed by atoms with E-state index in [0.717, 1.165) is 39.9 Å². The lowest BCUT2D eigenvalue weighted by molar-refractivity contribution is -0.137. The Kier molecular flexibility index (Phi) is 7.71. The molecule has 0 bridgehead atoms. The molecule has 2 aromatic carbocycles. The standard InChI is InChI=1S/C34H36N10O4/c1-34(12-10-28(45)39-32(34)47)30-22-8-6-21(16-26(22)43(4)41-30)37-23-11-13-44(18-27(23)48-5)33-36-17-24(35-2)31(40-33)38-20-7-9-25-19(14-20)15-29(46)42(25)3/h6-9,14,16-17,23,27,37H,10-13,15,18H2,1,3-5H3,(H,36,38,40)(H,39,45,47)/t23-,27-,34?/m1/s1. The predicted molar refractivity (Wildman–Crippen MR) is 181 cm³/mol. The molecule has 3 aliphatic rings. The number of methoxy groups -OCH3 is 1. The lowest BCUT2D eigenvalue weighted by Crippen LogP contribution is -2.51. The lowest BCUT2D eigenvalue weighted by atomic mass is 9.77. The van der Waals surface area contributed by atoms with Gasteiger partial charge in [-0.05, 0) is 61.7 Å². The van der Waals surface area contributed by atoms with Gasteiger partial charge in [0.05, 0.1) is 41.8 Å². The first-order valence-electron chi connectivity index (χ1n) is 15.8. The molecule has 7 rings (SSSR count). The van der Waals surface area contributed by atoms with Gasteiger partial charge in [-0.15, -0.1) is 0 Å². The van der Waals surface area contributed by atoms with E-state index in [-0.39, 0.29) is 36.3 Å². The molecule has 5 heterocycles. The van der Waals surface area contributed by atoms with Crippen molar-refractivity contribution >= 4 is 63.1 Å². The number of carbonyl (C=O) groups excluding carboxylic acids is 3. The predicted octanol–water partition coefficient (Wildman–Crippen LogP) is 3.58. The molecular weight excluding hydrogens is 612 g/mol. The number of hydrogen-bond acceptors (Lipinski definition) is 10. The van der Waals surface area contributed by atoms with Gasteiger partial charge < -0.3 is 25.2 Å². The van der Waals surface area contributed by atoms with Crippen LogP contribution in [0.4, 0.5) is 34.5 Å². The topological polar surface area (TPSA) is 151 Å². The lowest BCUT2D eigenvalue weighted by Gasteiger charge is -2.38. The van der Waals surface area contributed by atoms with E-state index in [1.807, 2.05) is 50.4 Å². The van der Waals surface area contributed by atoms with Gasteiger partial charge in [0.15, 0.2) is 0 Å².